The van der Waals surface area contributed by atoms with Crippen LogP contribution in [0.25, 0.3) is 0 Å². The molecule has 2 atom stereocenters. The molecule has 0 heterocycles. The molecule has 0 fully saturated rings. The molecule has 2 heteroatoms. The fourth-order valence-corrected chi connectivity index (χ4v) is 1.30. The van der Waals surface area contributed by atoms with Crippen LogP contribution in [0.5, 0.6) is 0 Å². The van der Waals surface area contributed by atoms with E-state index in [0.29, 0.717) is 12.0 Å². The number of rotatable bonds is 6. The normalized spacial score (nSPS) is 16.4. The van der Waals surface area contributed by atoms with Crippen molar-refractivity contribution in [2.75, 3.05) is 13.1 Å². The Hall–Kier alpha value is -0.0800. The van der Waals surface area contributed by atoms with Crippen LogP contribution in [0.15, 0.2) is 0 Å². The molecular formula is C9H22N2. The molecule has 2 nitrogen and oxygen atoms in total. The lowest BCUT2D eigenvalue weighted by Crippen LogP contribution is -2.29. The van der Waals surface area contributed by atoms with Gasteiger partial charge in [0.15, 0.2) is 0 Å². The molecule has 0 rings (SSSR count). The van der Waals surface area contributed by atoms with Crippen molar-refractivity contribution in [3.63, 3.8) is 0 Å². The summed E-state index contributed by atoms with van der Waals surface area (Å²) in [6, 6.07) is 0.346. The van der Waals surface area contributed by atoms with E-state index in [9.17, 15) is 0 Å². The largest absolute Gasteiger partial charge is 0.328 e. The molecule has 0 amide bonds. The van der Waals surface area contributed by atoms with Crippen LogP contribution in [0, 0.1) is 5.92 Å². The van der Waals surface area contributed by atoms with Crippen LogP contribution in [0.4, 0.5) is 0 Å². The summed E-state index contributed by atoms with van der Waals surface area (Å²) in [4.78, 5) is 0. The zero-order chi connectivity index (χ0) is 8.69. The van der Waals surface area contributed by atoms with Gasteiger partial charge < -0.3 is 11.1 Å². The highest BCUT2D eigenvalue weighted by Gasteiger charge is 2.09. The van der Waals surface area contributed by atoms with Gasteiger partial charge in [0.05, 0.1) is 0 Å². The Morgan fingerprint density at radius 1 is 1.36 bits per heavy atom. The van der Waals surface area contributed by atoms with E-state index in [2.05, 4.69) is 26.1 Å². The third-order valence-corrected chi connectivity index (χ3v) is 2.21. The molecule has 3 N–H and O–H groups in total. The fraction of sp³-hybridized carbons (Fsp3) is 1.00. The van der Waals surface area contributed by atoms with Crippen molar-refractivity contribution in [2.24, 2.45) is 11.7 Å². The van der Waals surface area contributed by atoms with Crippen molar-refractivity contribution in [2.45, 2.75) is 39.7 Å². The van der Waals surface area contributed by atoms with Crippen LogP contribution in [-0.2, 0) is 0 Å². The van der Waals surface area contributed by atoms with E-state index in [1.54, 1.807) is 0 Å². The second kappa shape index (κ2) is 6.62. The van der Waals surface area contributed by atoms with Crippen LogP contribution in [0.3, 0.4) is 0 Å². The fourth-order valence-electron chi connectivity index (χ4n) is 1.30. The molecule has 0 aliphatic rings. The van der Waals surface area contributed by atoms with Crippen molar-refractivity contribution in [1.82, 2.24) is 5.32 Å². The van der Waals surface area contributed by atoms with E-state index in [4.69, 9.17) is 5.73 Å². The minimum Gasteiger partial charge on any atom is -0.328 e. The maximum absolute atomic E-state index is 5.80. The molecule has 0 aromatic rings. The quantitative estimate of drug-likeness (QED) is 0.573. The standard InChI is InChI=1S/C9H22N2/c1-4-9(8(3)10)6-7-11-5-2/h8-9,11H,4-7,10H2,1-3H3. The first-order valence-electron chi connectivity index (χ1n) is 4.68. The van der Waals surface area contributed by atoms with Gasteiger partial charge in [-0.1, -0.05) is 20.3 Å². The van der Waals surface area contributed by atoms with E-state index >= 15 is 0 Å². The molecule has 2 unspecified atom stereocenters. The van der Waals surface area contributed by atoms with Gasteiger partial charge in [0.25, 0.3) is 0 Å². The zero-order valence-corrected chi connectivity index (χ0v) is 8.06. The number of hydrogen-bond acceptors (Lipinski definition) is 2. The first-order valence-corrected chi connectivity index (χ1v) is 4.68. The first-order chi connectivity index (χ1) is 5.22. The van der Waals surface area contributed by atoms with Gasteiger partial charge in [0.2, 0.25) is 0 Å². The average molecular weight is 158 g/mol. The van der Waals surface area contributed by atoms with Crippen molar-refractivity contribution in [1.29, 1.82) is 0 Å². The van der Waals surface area contributed by atoms with E-state index in [-0.39, 0.29) is 0 Å². The molecule has 0 aromatic carbocycles. The topological polar surface area (TPSA) is 38.0 Å². The van der Waals surface area contributed by atoms with Gasteiger partial charge in [-0.25, -0.2) is 0 Å². The molecule has 0 radical (unpaired) electrons. The Morgan fingerprint density at radius 3 is 2.36 bits per heavy atom. The van der Waals surface area contributed by atoms with Crippen LogP contribution < -0.4 is 11.1 Å². The summed E-state index contributed by atoms with van der Waals surface area (Å²) < 4.78 is 0. The molecule has 0 aliphatic heterocycles. The Bertz CT molecular complexity index is 81.6. The van der Waals surface area contributed by atoms with Gasteiger partial charge in [-0.15, -0.1) is 0 Å². The van der Waals surface area contributed by atoms with Gasteiger partial charge in [-0.05, 0) is 32.4 Å². The lowest BCUT2D eigenvalue weighted by molar-refractivity contribution is 0.393. The van der Waals surface area contributed by atoms with E-state index in [1.165, 1.54) is 12.8 Å². The molecule has 0 bridgehead atoms. The number of nitrogens with one attached hydrogen (secondary N) is 1. The molecular weight excluding hydrogens is 136 g/mol. The Kier molecular flexibility index (Phi) is 6.57. The van der Waals surface area contributed by atoms with Gasteiger partial charge in [-0.2, -0.15) is 0 Å². The smallest absolute Gasteiger partial charge is 0.00391 e. The van der Waals surface area contributed by atoms with Crippen LogP contribution >= 0.6 is 0 Å². The van der Waals surface area contributed by atoms with Crippen molar-refractivity contribution >= 4 is 0 Å². The van der Waals surface area contributed by atoms with Gasteiger partial charge in [0.1, 0.15) is 0 Å². The Balaban J connectivity index is 3.36. The zero-order valence-electron chi connectivity index (χ0n) is 8.06. The molecule has 68 valence electrons. The minimum atomic E-state index is 0.346. The highest BCUT2D eigenvalue weighted by molar-refractivity contribution is 4.67. The maximum Gasteiger partial charge on any atom is 0.00391 e. The minimum absolute atomic E-state index is 0.346. The van der Waals surface area contributed by atoms with Crippen LogP contribution in [0.2, 0.25) is 0 Å². The van der Waals surface area contributed by atoms with Gasteiger partial charge >= 0.3 is 0 Å². The summed E-state index contributed by atoms with van der Waals surface area (Å²) in [5.41, 5.74) is 5.80. The van der Waals surface area contributed by atoms with Crippen LogP contribution in [0.1, 0.15) is 33.6 Å². The van der Waals surface area contributed by atoms with Crippen molar-refractivity contribution in [3.8, 4) is 0 Å². The predicted molar refractivity (Wildman–Crippen MR) is 50.6 cm³/mol. The second-order valence-electron chi connectivity index (χ2n) is 3.17. The molecule has 0 aromatic heterocycles. The third-order valence-electron chi connectivity index (χ3n) is 2.21. The number of nitrogens with two attached hydrogens (primary N) is 1. The average Bonchev–Trinajstić information content (AvgIpc) is 1.97. The monoisotopic (exact) mass is 158 g/mol. The summed E-state index contributed by atoms with van der Waals surface area (Å²) in [5, 5.41) is 3.31. The van der Waals surface area contributed by atoms with E-state index in [1.807, 2.05) is 0 Å². The van der Waals surface area contributed by atoms with E-state index < -0.39 is 0 Å². The highest BCUT2D eigenvalue weighted by atomic mass is 14.8. The van der Waals surface area contributed by atoms with Crippen LogP contribution in [-0.4, -0.2) is 19.1 Å². The Labute approximate surface area is 70.5 Å². The van der Waals surface area contributed by atoms with Gasteiger partial charge in [0, 0.05) is 6.04 Å². The highest BCUT2D eigenvalue weighted by Crippen LogP contribution is 2.10. The third kappa shape index (κ3) is 5.22. The SMILES string of the molecule is CCNCCC(CC)C(C)N. The van der Waals surface area contributed by atoms with Gasteiger partial charge in [-0.3, -0.25) is 0 Å². The molecule has 0 saturated carbocycles. The molecule has 11 heavy (non-hydrogen) atoms. The number of hydrogen-bond donors (Lipinski definition) is 2. The van der Waals surface area contributed by atoms with E-state index in [0.717, 1.165) is 13.1 Å². The Morgan fingerprint density at radius 2 is 2.00 bits per heavy atom. The lowest BCUT2D eigenvalue weighted by Gasteiger charge is -2.18. The summed E-state index contributed by atoms with van der Waals surface area (Å²) in [6.45, 7) is 8.61. The second-order valence-corrected chi connectivity index (χ2v) is 3.17. The summed E-state index contributed by atoms with van der Waals surface area (Å²) >= 11 is 0. The predicted octanol–water partition coefficient (Wildman–Crippen LogP) is 1.36. The molecule has 0 saturated heterocycles. The molecule has 0 aliphatic carbocycles. The summed E-state index contributed by atoms with van der Waals surface area (Å²) in [5.74, 6) is 0.689. The summed E-state index contributed by atoms with van der Waals surface area (Å²) in [6.07, 6.45) is 2.41. The van der Waals surface area contributed by atoms with Crippen molar-refractivity contribution in [3.05, 3.63) is 0 Å². The summed E-state index contributed by atoms with van der Waals surface area (Å²) in [7, 11) is 0. The van der Waals surface area contributed by atoms with Crippen molar-refractivity contribution < 1.29 is 0 Å². The lowest BCUT2D eigenvalue weighted by atomic mass is 9.95. The first kappa shape index (κ1) is 10.9. The maximum atomic E-state index is 5.80. The molecule has 0 spiro atoms.